The Bertz CT molecular complexity index is 105. The van der Waals surface area contributed by atoms with Gasteiger partial charge in [0.2, 0.25) is 0 Å². The zero-order valence-corrected chi connectivity index (χ0v) is 5.36. The third-order valence-electron chi connectivity index (χ3n) is 0.656. The SMILES string of the molecule is C=C1CSC(=S)N1. The lowest BCUT2D eigenvalue weighted by Gasteiger charge is -1.87. The van der Waals surface area contributed by atoms with Gasteiger partial charge in [0.1, 0.15) is 4.32 Å². The molecular formula is C4H5NS2. The monoisotopic (exact) mass is 131 g/mol. The summed E-state index contributed by atoms with van der Waals surface area (Å²) in [7, 11) is 0. The molecule has 0 spiro atoms. The van der Waals surface area contributed by atoms with Crippen LogP contribution in [0.2, 0.25) is 0 Å². The minimum absolute atomic E-state index is 0.852. The van der Waals surface area contributed by atoms with Crippen molar-refractivity contribution in [2.45, 2.75) is 0 Å². The average Bonchev–Trinajstić information content (AvgIpc) is 1.87. The van der Waals surface area contributed by atoms with Gasteiger partial charge < -0.3 is 5.32 Å². The van der Waals surface area contributed by atoms with Crippen LogP contribution in [-0.2, 0) is 0 Å². The number of hydrogen-bond acceptors (Lipinski definition) is 2. The van der Waals surface area contributed by atoms with E-state index in [4.69, 9.17) is 12.2 Å². The molecule has 1 nitrogen and oxygen atoms in total. The molecule has 0 aliphatic carbocycles. The zero-order valence-electron chi connectivity index (χ0n) is 3.73. The fourth-order valence-corrected chi connectivity index (χ4v) is 1.28. The van der Waals surface area contributed by atoms with Crippen molar-refractivity contribution >= 4 is 28.3 Å². The van der Waals surface area contributed by atoms with E-state index in [1.807, 2.05) is 0 Å². The Balaban J connectivity index is 2.55. The van der Waals surface area contributed by atoms with Crippen LogP contribution in [0.4, 0.5) is 0 Å². The van der Waals surface area contributed by atoms with Crippen LogP contribution in [0.15, 0.2) is 12.3 Å². The molecule has 1 saturated heterocycles. The summed E-state index contributed by atoms with van der Waals surface area (Å²) in [5.41, 5.74) is 1.02. The second-order valence-corrected chi connectivity index (χ2v) is 2.96. The molecule has 1 heterocycles. The maximum atomic E-state index is 4.79. The molecule has 1 aliphatic rings. The number of nitrogens with one attached hydrogen (secondary N) is 1. The fraction of sp³-hybridized carbons (Fsp3) is 0.250. The molecule has 1 N–H and O–H groups in total. The lowest BCUT2D eigenvalue weighted by atomic mass is 10.6. The second kappa shape index (κ2) is 1.84. The summed E-state index contributed by atoms with van der Waals surface area (Å²) in [6.07, 6.45) is 0. The van der Waals surface area contributed by atoms with Gasteiger partial charge in [-0.1, -0.05) is 30.6 Å². The van der Waals surface area contributed by atoms with Crippen molar-refractivity contribution in [3.8, 4) is 0 Å². The van der Waals surface area contributed by atoms with Crippen LogP contribution in [0.1, 0.15) is 0 Å². The van der Waals surface area contributed by atoms with E-state index in [-0.39, 0.29) is 0 Å². The van der Waals surface area contributed by atoms with Gasteiger partial charge in [0.05, 0.1) is 0 Å². The molecule has 0 atom stereocenters. The minimum Gasteiger partial charge on any atom is -0.344 e. The van der Waals surface area contributed by atoms with Crippen molar-refractivity contribution < 1.29 is 0 Å². The molecule has 0 aromatic heterocycles. The topological polar surface area (TPSA) is 12.0 Å². The van der Waals surface area contributed by atoms with Gasteiger partial charge in [0.25, 0.3) is 0 Å². The molecular weight excluding hydrogens is 126 g/mol. The first-order valence-electron chi connectivity index (χ1n) is 1.90. The lowest BCUT2D eigenvalue weighted by Crippen LogP contribution is -2.07. The molecule has 0 saturated carbocycles. The van der Waals surface area contributed by atoms with E-state index in [1.165, 1.54) is 0 Å². The van der Waals surface area contributed by atoms with Crippen molar-refractivity contribution in [3.05, 3.63) is 12.3 Å². The summed E-state index contributed by atoms with van der Waals surface area (Å²) in [6, 6.07) is 0. The van der Waals surface area contributed by atoms with Gasteiger partial charge in [0.15, 0.2) is 0 Å². The summed E-state index contributed by atoms with van der Waals surface area (Å²) >= 11 is 6.41. The van der Waals surface area contributed by atoms with E-state index in [0.717, 1.165) is 15.8 Å². The van der Waals surface area contributed by atoms with Gasteiger partial charge in [-0.3, -0.25) is 0 Å². The molecule has 0 aromatic rings. The molecule has 1 aliphatic heterocycles. The molecule has 3 heteroatoms. The van der Waals surface area contributed by atoms with Crippen molar-refractivity contribution in [1.29, 1.82) is 0 Å². The number of thiocarbonyl (C=S) groups is 1. The third-order valence-corrected chi connectivity index (χ3v) is 1.97. The Hall–Kier alpha value is -0.0200. The molecule has 1 fully saturated rings. The minimum atomic E-state index is 0.852. The Morgan fingerprint density at radius 3 is 2.71 bits per heavy atom. The van der Waals surface area contributed by atoms with E-state index in [1.54, 1.807) is 11.8 Å². The largest absolute Gasteiger partial charge is 0.344 e. The first-order valence-corrected chi connectivity index (χ1v) is 3.30. The summed E-state index contributed by atoms with van der Waals surface area (Å²) in [4.78, 5) is 0. The smallest absolute Gasteiger partial charge is 0.138 e. The van der Waals surface area contributed by atoms with Crippen LogP contribution in [-0.4, -0.2) is 10.1 Å². The lowest BCUT2D eigenvalue weighted by molar-refractivity contribution is 1.21. The summed E-state index contributed by atoms with van der Waals surface area (Å²) in [5.74, 6) is 0.943. The normalized spacial score (nSPS) is 20.0. The van der Waals surface area contributed by atoms with E-state index in [2.05, 4.69) is 11.9 Å². The predicted molar refractivity (Wildman–Crippen MR) is 37.3 cm³/mol. The molecule has 1 rings (SSSR count). The molecule has 0 bridgehead atoms. The van der Waals surface area contributed by atoms with Gasteiger partial charge in [-0.05, 0) is 0 Å². The predicted octanol–water partition coefficient (Wildman–Crippen LogP) is 1.12. The van der Waals surface area contributed by atoms with Crippen LogP contribution in [0.5, 0.6) is 0 Å². The highest BCUT2D eigenvalue weighted by Gasteiger charge is 2.07. The van der Waals surface area contributed by atoms with Gasteiger partial charge in [-0.25, -0.2) is 0 Å². The highest BCUT2D eigenvalue weighted by Crippen LogP contribution is 2.13. The highest BCUT2D eigenvalue weighted by molar-refractivity contribution is 8.23. The van der Waals surface area contributed by atoms with Gasteiger partial charge in [-0.15, -0.1) is 0 Å². The maximum absolute atomic E-state index is 4.79. The van der Waals surface area contributed by atoms with Crippen LogP contribution < -0.4 is 5.32 Å². The Morgan fingerprint density at radius 2 is 2.57 bits per heavy atom. The van der Waals surface area contributed by atoms with E-state index < -0.39 is 0 Å². The maximum Gasteiger partial charge on any atom is 0.138 e. The summed E-state index contributed by atoms with van der Waals surface area (Å²) < 4.78 is 0.852. The molecule has 7 heavy (non-hydrogen) atoms. The molecule has 38 valence electrons. The number of rotatable bonds is 0. The van der Waals surface area contributed by atoms with E-state index in [0.29, 0.717) is 0 Å². The summed E-state index contributed by atoms with van der Waals surface area (Å²) in [6.45, 7) is 3.69. The van der Waals surface area contributed by atoms with Gasteiger partial charge >= 0.3 is 0 Å². The second-order valence-electron chi connectivity index (χ2n) is 1.30. The van der Waals surface area contributed by atoms with Crippen molar-refractivity contribution in [1.82, 2.24) is 5.32 Å². The molecule has 0 aromatic carbocycles. The van der Waals surface area contributed by atoms with Crippen LogP contribution in [0.3, 0.4) is 0 Å². The fourth-order valence-electron chi connectivity index (χ4n) is 0.369. The van der Waals surface area contributed by atoms with Gasteiger partial charge in [-0.2, -0.15) is 0 Å². The van der Waals surface area contributed by atoms with Crippen molar-refractivity contribution in [2.24, 2.45) is 0 Å². The molecule has 0 radical (unpaired) electrons. The zero-order chi connectivity index (χ0) is 5.28. The number of hydrogen-bond donors (Lipinski definition) is 1. The van der Waals surface area contributed by atoms with Crippen molar-refractivity contribution in [2.75, 3.05) is 5.75 Å². The Morgan fingerprint density at radius 1 is 1.86 bits per heavy atom. The highest BCUT2D eigenvalue weighted by atomic mass is 32.2. The first-order chi connectivity index (χ1) is 3.29. The Labute approximate surface area is 52.2 Å². The third kappa shape index (κ3) is 1.17. The number of thioether (sulfide) groups is 1. The van der Waals surface area contributed by atoms with Gasteiger partial charge in [0, 0.05) is 11.4 Å². The van der Waals surface area contributed by atoms with Crippen LogP contribution >= 0.6 is 24.0 Å². The van der Waals surface area contributed by atoms with E-state index in [9.17, 15) is 0 Å². The quantitative estimate of drug-likeness (QED) is 0.495. The molecule has 0 unspecified atom stereocenters. The molecule has 0 amide bonds. The van der Waals surface area contributed by atoms with Crippen LogP contribution in [0.25, 0.3) is 0 Å². The average molecular weight is 131 g/mol. The summed E-state index contributed by atoms with van der Waals surface area (Å²) in [5, 5.41) is 2.92. The standard InChI is InChI=1S/C4H5NS2/c1-3-2-7-4(6)5-3/h1-2H2,(H,5,6). The Kier molecular flexibility index (Phi) is 1.35. The van der Waals surface area contributed by atoms with Crippen LogP contribution in [0, 0.1) is 0 Å². The first kappa shape index (κ1) is 5.12. The van der Waals surface area contributed by atoms with E-state index >= 15 is 0 Å². The van der Waals surface area contributed by atoms with Crippen molar-refractivity contribution in [3.63, 3.8) is 0 Å².